The molecule has 84 valence electrons. The van der Waals surface area contributed by atoms with E-state index in [1.807, 2.05) is 13.8 Å². The lowest BCUT2D eigenvalue weighted by molar-refractivity contribution is 0.610. The van der Waals surface area contributed by atoms with Crippen LogP contribution < -0.4 is 5.73 Å². The molecule has 0 saturated heterocycles. The fraction of sp³-hybridized carbons (Fsp3) is 0.455. The lowest BCUT2D eigenvalue weighted by atomic mass is 10.2. The van der Waals surface area contributed by atoms with Crippen molar-refractivity contribution in [2.75, 3.05) is 0 Å². The highest BCUT2D eigenvalue weighted by Gasteiger charge is 2.18. The van der Waals surface area contributed by atoms with E-state index in [9.17, 15) is 4.21 Å². The third-order valence-corrected chi connectivity index (χ3v) is 4.47. The molecule has 0 amide bonds. The second kappa shape index (κ2) is 5.64. The molecule has 0 aliphatic rings. The fourth-order valence-corrected chi connectivity index (χ4v) is 2.74. The minimum Gasteiger partial charge on any atom is -0.327 e. The van der Waals surface area contributed by atoms with Crippen LogP contribution in [0.3, 0.4) is 0 Å². The highest BCUT2D eigenvalue weighted by molar-refractivity contribution is 7.85. The van der Waals surface area contributed by atoms with Gasteiger partial charge in [-0.1, -0.05) is 18.5 Å². The lowest BCUT2D eigenvalue weighted by Crippen LogP contribution is -2.34. The summed E-state index contributed by atoms with van der Waals surface area (Å²) >= 11 is 5.76. The Balaban J connectivity index is 2.80. The molecular weight excluding hydrogens is 230 g/mol. The maximum atomic E-state index is 12.0. The summed E-state index contributed by atoms with van der Waals surface area (Å²) in [6.07, 6.45) is 0.834. The van der Waals surface area contributed by atoms with Crippen LogP contribution in [0.15, 0.2) is 29.2 Å². The topological polar surface area (TPSA) is 43.1 Å². The van der Waals surface area contributed by atoms with Gasteiger partial charge >= 0.3 is 0 Å². The summed E-state index contributed by atoms with van der Waals surface area (Å²) in [5.74, 6) is 0. The van der Waals surface area contributed by atoms with Gasteiger partial charge in [-0.05, 0) is 37.6 Å². The second-order valence-electron chi connectivity index (χ2n) is 3.53. The van der Waals surface area contributed by atoms with Gasteiger partial charge in [0.05, 0.1) is 16.0 Å². The van der Waals surface area contributed by atoms with Gasteiger partial charge in [0.1, 0.15) is 0 Å². The first kappa shape index (κ1) is 12.7. The van der Waals surface area contributed by atoms with Gasteiger partial charge in [-0.15, -0.1) is 0 Å². The van der Waals surface area contributed by atoms with Crippen LogP contribution in [0.5, 0.6) is 0 Å². The molecule has 1 rings (SSSR count). The van der Waals surface area contributed by atoms with E-state index in [4.69, 9.17) is 17.3 Å². The van der Waals surface area contributed by atoms with E-state index in [1.165, 1.54) is 0 Å². The van der Waals surface area contributed by atoms with Gasteiger partial charge in [-0.2, -0.15) is 0 Å². The Kier molecular flexibility index (Phi) is 4.77. The van der Waals surface area contributed by atoms with Crippen LogP contribution in [0, 0.1) is 0 Å². The summed E-state index contributed by atoms with van der Waals surface area (Å²) in [4.78, 5) is 0.788. The average molecular weight is 246 g/mol. The average Bonchev–Trinajstić information content (AvgIpc) is 2.27. The third kappa shape index (κ3) is 3.30. The highest BCUT2D eigenvalue weighted by atomic mass is 35.5. The van der Waals surface area contributed by atoms with E-state index in [1.54, 1.807) is 24.3 Å². The zero-order chi connectivity index (χ0) is 11.4. The monoisotopic (exact) mass is 245 g/mol. The number of benzene rings is 1. The normalized spacial score (nSPS) is 17.1. The number of nitrogens with two attached hydrogens (primary N) is 1. The van der Waals surface area contributed by atoms with E-state index in [0.29, 0.717) is 5.02 Å². The van der Waals surface area contributed by atoms with Gasteiger partial charge in [0.15, 0.2) is 0 Å². The summed E-state index contributed by atoms with van der Waals surface area (Å²) in [6.45, 7) is 3.92. The molecule has 0 aromatic heterocycles. The zero-order valence-corrected chi connectivity index (χ0v) is 10.5. The van der Waals surface area contributed by atoms with E-state index < -0.39 is 10.8 Å². The smallest absolute Gasteiger partial charge is 0.0573 e. The van der Waals surface area contributed by atoms with Crippen molar-refractivity contribution in [3.8, 4) is 0 Å². The van der Waals surface area contributed by atoms with Crippen LogP contribution in [0.25, 0.3) is 0 Å². The van der Waals surface area contributed by atoms with E-state index >= 15 is 0 Å². The van der Waals surface area contributed by atoms with Crippen molar-refractivity contribution in [3.63, 3.8) is 0 Å². The van der Waals surface area contributed by atoms with Gasteiger partial charge in [-0.3, -0.25) is 4.21 Å². The largest absolute Gasteiger partial charge is 0.327 e. The second-order valence-corrected chi connectivity index (χ2v) is 5.77. The Labute approximate surface area is 98.3 Å². The van der Waals surface area contributed by atoms with Gasteiger partial charge in [0, 0.05) is 16.0 Å². The Hall–Kier alpha value is -0.380. The Morgan fingerprint density at radius 2 is 1.93 bits per heavy atom. The quantitative estimate of drug-likeness (QED) is 0.886. The van der Waals surface area contributed by atoms with Gasteiger partial charge < -0.3 is 5.73 Å². The third-order valence-electron chi connectivity index (χ3n) is 2.46. The van der Waals surface area contributed by atoms with Crippen molar-refractivity contribution in [2.45, 2.75) is 36.5 Å². The molecule has 0 aliphatic carbocycles. The van der Waals surface area contributed by atoms with Crippen LogP contribution in [0.1, 0.15) is 20.3 Å². The first-order valence-corrected chi connectivity index (χ1v) is 6.57. The summed E-state index contributed by atoms with van der Waals surface area (Å²) in [5, 5.41) is 0.624. The van der Waals surface area contributed by atoms with Crippen molar-refractivity contribution in [1.82, 2.24) is 0 Å². The maximum absolute atomic E-state index is 12.0. The van der Waals surface area contributed by atoms with Crippen molar-refractivity contribution in [2.24, 2.45) is 5.73 Å². The molecule has 0 saturated carbocycles. The highest BCUT2D eigenvalue weighted by Crippen LogP contribution is 2.17. The Bertz CT molecular complexity index is 339. The standard InChI is InChI=1S/C11H16ClNOS/c1-3-11(13)8(2)15(14)10-6-4-9(12)5-7-10/h4-8,11H,3,13H2,1-2H3. The van der Waals surface area contributed by atoms with Crippen LogP contribution in [-0.2, 0) is 10.8 Å². The zero-order valence-electron chi connectivity index (χ0n) is 8.94. The predicted molar refractivity (Wildman–Crippen MR) is 65.6 cm³/mol. The number of halogens is 1. The number of rotatable bonds is 4. The van der Waals surface area contributed by atoms with Crippen LogP contribution in [-0.4, -0.2) is 15.5 Å². The molecule has 3 atom stereocenters. The molecule has 2 N–H and O–H groups in total. The number of hydrogen-bond donors (Lipinski definition) is 1. The maximum Gasteiger partial charge on any atom is 0.0573 e. The molecule has 0 spiro atoms. The SMILES string of the molecule is CCC(N)C(C)S(=O)c1ccc(Cl)cc1. The number of hydrogen-bond acceptors (Lipinski definition) is 2. The fourth-order valence-electron chi connectivity index (χ4n) is 1.27. The summed E-state index contributed by atoms with van der Waals surface area (Å²) in [7, 11) is -1.05. The molecule has 0 heterocycles. The van der Waals surface area contributed by atoms with E-state index in [0.717, 1.165) is 11.3 Å². The van der Waals surface area contributed by atoms with Gasteiger partial charge in [0.25, 0.3) is 0 Å². The van der Waals surface area contributed by atoms with Gasteiger partial charge in [-0.25, -0.2) is 0 Å². The minimum absolute atomic E-state index is 0.0264. The molecule has 0 fully saturated rings. The summed E-state index contributed by atoms with van der Waals surface area (Å²) in [5.41, 5.74) is 5.87. The first-order valence-electron chi connectivity index (χ1n) is 4.98. The molecule has 1 aromatic carbocycles. The molecule has 4 heteroatoms. The predicted octanol–water partition coefficient (Wildman–Crippen LogP) is 2.57. The molecule has 0 bridgehead atoms. The molecular formula is C11H16ClNOS. The molecule has 3 unspecified atom stereocenters. The van der Waals surface area contributed by atoms with Gasteiger partial charge in [0.2, 0.25) is 0 Å². The van der Waals surface area contributed by atoms with Crippen molar-refractivity contribution in [3.05, 3.63) is 29.3 Å². The molecule has 2 nitrogen and oxygen atoms in total. The van der Waals surface area contributed by atoms with E-state index in [2.05, 4.69) is 0 Å². The van der Waals surface area contributed by atoms with Crippen molar-refractivity contribution in [1.29, 1.82) is 0 Å². The van der Waals surface area contributed by atoms with Crippen molar-refractivity contribution < 1.29 is 4.21 Å². The lowest BCUT2D eigenvalue weighted by Gasteiger charge is -2.17. The van der Waals surface area contributed by atoms with Crippen LogP contribution >= 0.6 is 11.6 Å². The first-order chi connectivity index (χ1) is 7.06. The summed E-state index contributed by atoms with van der Waals surface area (Å²) in [6, 6.07) is 7.05. The Morgan fingerprint density at radius 1 is 1.40 bits per heavy atom. The molecule has 0 radical (unpaired) electrons. The Morgan fingerprint density at radius 3 is 2.40 bits per heavy atom. The van der Waals surface area contributed by atoms with E-state index in [-0.39, 0.29) is 11.3 Å². The van der Waals surface area contributed by atoms with Crippen LogP contribution in [0.2, 0.25) is 5.02 Å². The van der Waals surface area contributed by atoms with Crippen LogP contribution in [0.4, 0.5) is 0 Å². The minimum atomic E-state index is -1.05. The molecule has 15 heavy (non-hydrogen) atoms. The molecule has 1 aromatic rings. The van der Waals surface area contributed by atoms with Crippen molar-refractivity contribution >= 4 is 22.4 Å². The summed E-state index contributed by atoms with van der Waals surface area (Å²) < 4.78 is 12.0. The molecule has 0 aliphatic heterocycles.